The van der Waals surface area contributed by atoms with Crippen LogP contribution in [-0.4, -0.2) is 43.8 Å². The van der Waals surface area contributed by atoms with Crippen molar-refractivity contribution in [2.75, 3.05) is 10.8 Å². The van der Waals surface area contributed by atoms with Gasteiger partial charge in [-0.25, -0.2) is 8.42 Å². The van der Waals surface area contributed by atoms with Crippen LogP contribution in [0, 0.1) is 13.8 Å². The van der Waals surface area contributed by atoms with Gasteiger partial charge in [-0.2, -0.15) is 0 Å². The smallest absolute Gasteiger partial charge is 0.264 e. The summed E-state index contributed by atoms with van der Waals surface area (Å²) >= 11 is 0. The zero-order valence-corrected chi connectivity index (χ0v) is 24.2. The molecule has 0 saturated heterocycles. The van der Waals surface area contributed by atoms with Crippen LogP contribution >= 0.6 is 0 Å². The fourth-order valence-electron chi connectivity index (χ4n) is 4.29. The van der Waals surface area contributed by atoms with Crippen LogP contribution in [0.3, 0.4) is 0 Å². The van der Waals surface area contributed by atoms with Gasteiger partial charge in [0.15, 0.2) is 0 Å². The second kappa shape index (κ2) is 13.4. The second-order valence-corrected chi connectivity index (χ2v) is 11.7. The number of sulfonamides is 1. The van der Waals surface area contributed by atoms with Crippen molar-refractivity contribution in [3.63, 3.8) is 0 Å². The number of benzene rings is 3. The Balaban J connectivity index is 2.05. The summed E-state index contributed by atoms with van der Waals surface area (Å²) in [5, 5.41) is 3.00. The minimum atomic E-state index is -4.07. The molecule has 7 nitrogen and oxygen atoms in total. The summed E-state index contributed by atoms with van der Waals surface area (Å²) in [6.07, 6.45) is 1.14. The van der Waals surface area contributed by atoms with E-state index in [-0.39, 0.29) is 23.4 Å². The SMILES string of the molecule is CC[C@H](C(=O)N[C@@H](C)CC)N(Cc1ccccc1C)C(=O)CN(c1ccc(C)cc1)S(=O)(=O)c1ccccc1. The Kier molecular flexibility index (Phi) is 10.3. The minimum absolute atomic E-state index is 0.0514. The number of hydrogen-bond donors (Lipinski definition) is 1. The molecule has 1 N–H and O–H groups in total. The summed E-state index contributed by atoms with van der Waals surface area (Å²) in [4.78, 5) is 29.0. The summed E-state index contributed by atoms with van der Waals surface area (Å²) < 4.78 is 28.8. The molecule has 0 unspecified atom stereocenters. The molecule has 0 aliphatic rings. The van der Waals surface area contributed by atoms with Gasteiger partial charge < -0.3 is 10.2 Å². The van der Waals surface area contributed by atoms with Crippen LogP contribution in [0.1, 0.15) is 50.3 Å². The molecule has 0 heterocycles. The lowest BCUT2D eigenvalue weighted by Crippen LogP contribution is -2.53. The predicted octanol–water partition coefficient (Wildman–Crippen LogP) is 5.22. The van der Waals surface area contributed by atoms with Crippen molar-refractivity contribution in [2.24, 2.45) is 0 Å². The van der Waals surface area contributed by atoms with Crippen LogP contribution in [0.4, 0.5) is 5.69 Å². The maximum Gasteiger partial charge on any atom is 0.264 e. The van der Waals surface area contributed by atoms with Gasteiger partial charge >= 0.3 is 0 Å². The summed E-state index contributed by atoms with van der Waals surface area (Å²) in [5.41, 5.74) is 3.23. The van der Waals surface area contributed by atoms with Gasteiger partial charge in [0.1, 0.15) is 12.6 Å². The highest BCUT2D eigenvalue weighted by molar-refractivity contribution is 7.92. The van der Waals surface area contributed by atoms with E-state index >= 15 is 0 Å². The van der Waals surface area contributed by atoms with Crippen LogP contribution in [0.2, 0.25) is 0 Å². The Hall–Kier alpha value is -3.65. The number of hydrogen-bond acceptors (Lipinski definition) is 4. The van der Waals surface area contributed by atoms with Gasteiger partial charge in [0.2, 0.25) is 11.8 Å². The van der Waals surface area contributed by atoms with Gasteiger partial charge in [-0.15, -0.1) is 0 Å². The third kappa shape index (κ3) is 7.47. The molecule has 0 saturated carbocycles. The first-order valence-electron chi connectivity index (χ1n) is 13.4. The molecule has 0 aromatic heterocycles. The molecule has 8 heteroatoms. The normalized spacial score (nSPS) is 12.8. The number of amides is 2. The molecule has 3 rings (SSSR count). The van der Waals surface area contributed by atoms with E-state index in [9.17, 15) is 18.0 Å². The minimum Gasteiger partial charge on any atom is -0.352 e. The predicted molar refractivity (Wildman–Crippen MR) is 156 cm³/mol. The molecule has 0 aliphatic carbocycles. The van der Waals surface area contributed by atoms with E-state index in [1.165, 1.54) is 17.0 Å². The molecule has 0 radical (unpaired) electrons. The molecular formula is C31H39N3O4S. The molecule has 3 aromatic carbocycles. The quantitative estimate of drug-likeness (QED) is 0.336. The number of nitrogens with zero attached hydrogens (tertiary/aromatic N) is 2. The summed E-state index contributed by atoms with van der Waals surface area (Å²) in [6, 6.07) is 22.0. The third-order valence-corrected chi connectivity index (χ3v) is 8.71. The van der Waals surface area contributed by atoms with Crippen molar-refractivity contribution in [1.29, 1.82) is 0 Å². The highest BCUT2D eigenvalue weighted by Crippen LogP contribution is 2.25. The van der Waals surface area contributed by atoms with Crippen molar-refractivity contribution in [1.82, 2.24) is 10.2 Å². The van der Waals surface area contributed by atoms with E-state index in [0.29, 0.717) is 12.1 Å². The van der Waals surface area contributed by atoms with Gasteiger partial charge in [0.05, 0.1) is 10.6 Å². The van der Waals surface area contributed by atoms with Crippen LogP contribution in [0.5, 0.6) is 0 Å². The number of nitrogens with one attached hydrogen (secondary N) is 1. The lowest BCUT2D eigenvalue weighted by Gasteiger charge is -2.34. The zero-order chi connectivity index (χ0) is 28.6. The lowest BCUT2D eigenvalue weighted by molar-refractivity contribution is -0.140. The largest absolute Gasteiger partial charge is 0.352 e. The topological polar surface area (TPSA) is 86.8 Å². The molecule has 0 bridgehead atoms. The highest BCUT2D eigenvalue weighted by atomic mass is 32.2. The molecular weight excluding hydrogens is 510 g/mol. The second-order valence-electron chi connectivity index (χ2n) is 9.85. The maximum absolute atomic E-state index is 14.1. The lowest BCUT2D eigenvalue weighted by atomic mass is 10.1. The molecule has 2 amide bonds. The summed E-state index contributed by atoms with van der Waals surface area (Å²) in [7, 11) is -4.07. The Bertz CT molecular complexity index is 1360. The number of carbonyl (C=O) groups is 2. The number of aryl methyl sites for hydroxylation is 2. The number of rotatable bonds is 12. The van der Waals surface area contributed by atoms with E-state index in [1.54, 1.807) is 30.3 Å². The molecule has 208 valence electrons. The summed E-state index contributed by atoms with van der Waals surface area (Å²) in [5.74, 6) is -0.703. The van der Waals surface area contributed by atoms with Gasteiger partial charge in [-0.05, 0) is 69.0 Å². The third-order valence-electron chi connectivity index (χ3n) is 6.92. The van der Waals surface area contributed by atoms with Crippen molar-refractivity contribution < 1.29 is 18.0 Å². The molecule has 2 atom stereocenters. The molecule has 0 aliphatic heterocycles. The van der Waals surface area contributed by atoms with Crippen molar-refractivity contribution in [2.45, 2.75) is 71.0 Å². The Labute approximate surface area is 232 Å². The zero-order valence-electron chi connectivity index (χ0n) is 23.4. The van der Waals surface area contributed by atoms with Gasteiger partial charge in [0, 0.05) is 12.6 Å². The first-order valence-corrected chi connectivity index (χ1v) is 14.8. The average molecular weight is 550 g/mol. The average Bonchev–Trinajstić information content (AvgIpc) is 2.93. The van der Waals surface area contributed by atoms with Crippen molar-refractivity contribution in [3.05, 3.63) is 95.6 Å². The standard InChI is InChI=1S/C31H39N3O4S/c1-6-25(5)32-31(36)29(7-2)33(21-26-14-12-11-13-24(26)4)30(35)22-34(27-19-17-23(3)18-20-27)39(37,38)28-15-9-8-10-16-28/h8-20,25,29H,6-7,21-22H2,1-5H3,(H,32,36)/t25-,29+/m0/s1. The summed E-state index contributed by atoms with van der Waals surface area (Å²) in [6.45, 7) is 9.37. The monoisotopic (exact) mass is 549 g/mol. The molecule has 0 spiro atoms. The van der Waals surface area contributed by atoms with Crippen molar-refractivity contribution in [3.8, 4) is 0 Å². The van der Waals surface area contributed by atoms with Gasteiger partial charge in [-0.1, -0.05) is 74.0 Å². The van der Waals surface area contributed by atoms with Crippen LogP contribution < -0.4 is 9.62 Å². The van der Waals surface area contributed by atoms with E-state index in [2.05, 4.69) is 5.32 Å². The van der Waals surface area contributed by atoms with Crippen LogP contribution in [0.15, 0.2) is 83.8 Å². The van der Waals surface area contributed by atoms with Gasteiger partial charge in [-0.3, -0.25) is 13.9 Å². The fraction of sp³-hybridized carbons (Fsp3) is 0.355. The molecule has 3 aromatic rings. The van der Waals surface area contributed by atoms with Crippen LogP contribution in [-0.2, 0) is 26.2 Å². The van der Waals surface area contributed by atoms with E-state index in [4.69, 9.17) is 0 Å². The Morgan fingerprint density at radius 1 is 0.846 bits per heavy atom. The van der Waals surface area contributed by atoms with Gasteiger partial charge in [0.25, 0.3) is 10.0 Å². The number of anilines is 1. The Morgan fingerprint density at radius 3 is 2.05 bits per heavy atom. The van der Waals surface area contributed by atoms with E-state index < -0.39 is 28.5 Å². The molecule has 39 heavy (non-hydrogen) atoms. The number of carbonyl (C=O) groups excluding carboxylic acids is 2. The first-order chi connectivity index (χ1) is 18.6. The van der Waals surface area contributed by atoms with E-state index in [0.717, 1.165) is 27.4 Å². The van der Waals surface area contributed by atoms with Crippen LogP contribution in [0.25, 0.3) is 0 Å². The Morgan fingerprint density at radius 2 is 1.46 bits per heavy atom. The fourth-order valence-corrected chi connectivity index (χ4v) is 5.73. The first kappa shape index (κ1) is 29.9. The van der Waals surface area contributed by atoms with E-state index in [1.807, 2.05) is 71.0 Å². The molecule has 0 fully saturated rings. The maximum atomic E-state index is 14.1. The highest BCUT2D eigenvalue weighted by Gasteiger charge is 2.34. The van der Waals surface area contributed by atoms with Crippen molar-refractivity contribution >= 4 is 27.5 Å².